The second-order valence-corrected chi connectivity index (χ2v) is 7.24. The van der Waals surface area contributed by atoms with E-state index in [1.807, 2.05) is 36.4 Å². The standard InChI is InChI=1S/C22H21ClFN3/c23-18-6-10-21(11-7-18)27-16-20(15-26-13-1-2-14-26)25-22(27)12-5-17-3-8-19(24)9-4-17/h3-12,16H,1-2,13-15H2/b12-5+. The Morgan fingerprint density at radius 3 is 2.37 bits per heavy atom. The molecule has 1 fully saturated rings. The maximum absolute atomic E-state index is 13.1. The Morgan fingerprint density at radius 1 is 0.963 bits per heavy atom. The van der Waals surface area contributed by atoms with Gasteiger partial charge in [0.2, 0.25) is 0 Å². The molecule has 27 heavy (non-hydrogen) atoms. The summed E-state index contributed by atoms with van der Waals surface area (Å²) in [6, 6.07) is 14.2. The average molecular weight is 382 g/mol. The van der Waals surface area contributed by atoms with Crippen molar-refractivity contribution in [2.24, 2.45) is 0 Å². The molecule has 0 aliphatic carbocycles. The predicted octanol–water partition coefficient (Wildman–Crippen LogP) is 5.43. The number of hydrogen-bond donors (Lipinski definition) is 0. The fraction of sp³-hybridized carbons (Fsp3) is 0.227. The van der Waals surface area contributed by atoms with E-state index in [1.54, 1.807) is 12.1 Å². The second kappa shape index (κ2) is 8.07. The molecule has 0 unspecified atom stereocenters. The molecular formula is C22H21ClFN3. The summed E-state index contributed by atoms with van der Waals surface area (Å²) in [7, 11) is 0. The summed E-state index contributed by atoms with van der Waals surface area (Å²) in [5, 5.41) is 0.708. The van der Waals surface area contributed by atoms with Crippen molar-refractivity contribution in [3.8, 4) is 5.69 Å². The minimum Gasteiger partial charge on any atom is -0.300 e. The third kappa shape index (κ3) is 4.46. The topological polar surface area (TPSA) is 21.1 Å². The molecule has 5 heteroatoms. The molecule has 0 radical (unpaired) electrons. The predicted molar refractivity (Wildman–Crippen MR) is 108 cm³/mol. The van der Waals surface area contributed by atoms with Crippen LogP contribution in [0.25, 0.3) is 17.8 Å². The fourth-order valence-corrected chi connectivity index (χ4v) is 3.49. The highest BCUT2D eigenvalue weighted by Gasteiger charge is 2.15. The van der Waals surface area contributed by atoms with E-state index in [-0.39, 0.29) is 5.82 Å². The number of rotatable bonds is 5. The van der Waals surface area contributed by atoms with Gasteiger partial charge in [0.05, 0.1) is 5.69 Å². The molecule has 0 amide bonds. The first-order valence-electron chi connectivity index (χ1n) is 9.17. The SMILES string of the molecule is Fc1ccc(/C=C/c2nc(CN3CCCC3)cn2-c2ccc(Cl)cc2)cc1. The highest BCUT2D eigenvalue weighted by Crippen LogP contribution is 2.20. The van der Waals surface area contributed by atoms with Gasteiger partial charge in [-0.25, -0.2) is 9.37 Å². The summed E-state index contributed by atoms with van der Waals surface area (Å²) in [5.41, 5.74) is 2.99. The Kier molecular flexibility index (Phi) is 5.37. The van der Waals surface area contributed by atoms with Crippen LogP contribution in [0.1, 0.15) is 29.9 Å². The zero-order valence-corrected chi connectivity index (χ0v) is 15.7. The van der Waals surface area contributed by atoms with Gasteiger partial charge in [0.25, 0.3) is 0 Å². The molecule has 2 heterocycles. The lowest BCUT2D eigenvalue weighted by atomic mass is 10.2. The van der Waals surface area contributed by atoms with Crippen LogP contribution in [0.4, 0.5) is 4.39 Å². The van der Waals surface area contributed by atoms with Crippen LogP contribution in [-0.2, 0) is 6.54 Å². The molecule has 0 bridgehead atoms. The van der Waals surface area contributed by atoms with Crippen LogP contribution in [0.3, 0.4) is 0 Å². The minimum absolute atomic E-state index is 0.234. The lowest BCUT2D eigenvalue weighted by Gasteiger charge is -2.11. The monoisotopic (exact) mass is 381 g/mol. The van der Waals surface area contributed by atoms with Crippen LogP contribution >= 0.6 is 11.6 Å². The van der Waals surface area contributed by atoms with Gasteiger partial charge in [-0.3, -0.25) is 9.47 Å². The Morgan fingerprint density at radius 2 is 1.67 bits per heavy atom. The van der Waals surface area contributed by atoms with Gasteiger partial charge in [-0.1, -0.05) is 29.8 Å². The van der Waals surface area contributed by atoms with E-state index in [0.29, 0.717) is 5.02 Å². The highest BCUT2D eigenvalue weighted by atomic mass is 35.5. The van der Waals surface area contributed by atoms with Crippen molar-refractivity contribution >= 4 is 23.8 Å². The van der Waals surface area contributed by atoms with Gasteiger partial charge in [-0.15, -0.1) is 0 Å². The molecular weight excluding hydrogens is 361 g/mol. The minimum atomic E-state index is -0.234. The van der Waals surface area contributed by atoms with E-state index < -0.39 is 0 Å². The molecule has 3 aromatic rings. The number of imidazole rings is 1. The van der Waals surface area contributed by atoms with Crippen molar-refractivity contribution in [1.82, 2.24) is 14.5 Å². The molecule has 1 aliphatic heterocycles. The number of hydrogen-bond acceptors (Lipinski definition) is 2. The third-order valence-electron chi connectivity index (χ3n) is 4.77. The van der Waals surface area contributed by atoms with E-state index in [0.717, 1.165) is 42.4 Å². The van der Waals surface area contributed by atoms with Crippen LogP contribution in [0.15, 0.2) is 54.7 Å². The lowest BCUT2D eigenvalue weighted by molar-refractivity contribution is 0.327. The van der Waals surface area contributed by atoms with Crippen LogP contribution in [0.5, 0.6) is 0 Å². The number of benzene rings is 2. The molecule has 1 aliphatic rings. The van der Waals surface area contributed by atoms with Crippen LogP contribution in [0.2, 0.25) is 5.02 Å². The van der Waals surface area contributed by atoms with E-state index in [9.17, 15) is 4.39 Å². The smallest absolute Gasteiger partial charge is 0.137 e. The third-order valence-corrected chi connectivity index (χ3v) is 5.02. The summed E-state index contributed by atoms with van der Waals surface area (Å²) < 4.78 is 15.2. The maximum Gasteiger partial charge on any atom is 0.137 e. The first-order valence-corrected chi connectivity index (χ1v) is 9.55. The van der Waals surface area contributed by atoms with Gasteiger partial charge >= 0.3 is 0 Å². The normalized spacial score (nSPS) is 15.0. The number of likely N-dealkylation sites (tertiary alicyclic amines) is 1. The maximum atomic E-state index is 13.1. The van der Waals surface area contributed by atoms with Crippen LogP contribution in [-0.4, -0.2) is 27.5 Å². The summed E-state index contributed by atoms with van der Waals surface area (Å²) in [4.78, 5) is 7.27. The van der Waals surface area contributed by atoms with E-state index in [2.05, 4.69) is 15.7 Å². The zero-order valence-electron chi connectivity index (χ0n) is 15.0. The second-order valence-electron chi connectivity index (χ2n) is 6.80. The van der Waals surface area contributed by atoms with Crippen LogP contribution < -0.4 is 0 Å². The van der Waals surface area contributed by atoms with Crippen molar-refractivity contribution in [2.75, 3.05) is 13.1 Å². The van der Waals surface area contributed by atoms with E-state index >= 15 is 0 Å². The van der Waals surface area contributed by atoms with Crippen molar-refractivity contribution in [3.05, 3.63) is 82.6 Å². The molecule has 1 saturated heterocycles. The first kappa shape index (κ1) is 18.0. The Labute approximate surface area is 163 Å². The summed E-state index contributed by atoms with van der Waals surface area (Å²) in [5.74, 6) is 0.610. The van der Waals surface area contributed by atoms with Gasteiger partial charge in [-0.05, 0) is 74.0 Å². The number of nitrogens with zero attached hydrogens (tertiary/aromatic N) is 3. The summed E-state index contributed by atoms with van der Waals surface area (Å²) in [6.07, 6.45) is 8.53. The van der Waals surface area contributed by atoms with E-state index in [4.69, 9.17) is 16.6 Å². The molecule has 0 atom stereocenters. The van der Waals surface area contributed by atoms with Gasteiger partial charge in [0, 0.05) is 23.5 Å². The molecule has 0 N–H and O–H groups in total. The van der Waals surface area contributed by atoms with Crippen molar-refractivity contribution in [1.29, 1.82) is 0 Å². The Bertz CT molecular complexity index is 923. The quantitative estimate of drug-likeness (QED) is 0.587. The lowest BCUT2D eigenvalue weighted by Crippen LogP contribution is -2.18. The molecule has 138 valence electrons. The molecule has 2 aromatic carbocycles. The highest BCUT2D eigenvalue weighted by molar-refractivity contribution is 6.30. The van der Waals surface area contributed by atoms with Crippen molar-refractivity contribution in [2.45, 2.75) is 19.4 Å². The van der Waals surface area contributed by atoms with Gasteiger partial charge in [0.15, 0.2) is 0 Å². The molecule has 0 saturated carbocycles. The van der Waals surface area contributed by atoms with Gasteiger partial charge in [0.1, 0.15) is 11.6 Å². The largest absolute Gasteiger partial charge is 0.300 e. The average Bonchev–Trinajstić information content (AvgIpc) is 3.32. The number of aromatic nitrogens is 2. The molecule has 3 nitrogen and oxygen atoms in total. The Hall–Kier alpha value is -2.43. The van der Waals surface area contributed by atoms with Gasteiger partial charge in [-0.2, -0.15) is 0 Å². The summed E-state index contributed by atoms with van der Waals surface area (Å²) in [6.45, 7) is 3.13. The van der Waals surface area contributed by atoms with Gasteiger partial charge < -0.3 is 0 Å². The van der Waals surface area contributed by atoms with Crippen LogP contribution in [0, 0.1) is 5.82 Å². The fourth-order valence-electron chi connectivity index (χ4n) is 3.36. The van der Waals surface area contributed by atoms with Crippen molar-refractivity contribution < 1.29 is 4.39 Å². The first-order chi connectivity index (χ1) is 13.2. The Balaban J connectivity index is 1.65. The molecule has 1 aromatic heterocycles. The van der Waals surface area contributed by atoms with E-state index in [1.165, 1.54) is 25.0 Å². The zero-order chi connectivity index (χ0) is 18.6. The van der Waals surface area contributed by atoms with Crippen molar-refractivity contribution in [3.63, 3.8) is 0 Å². The molecule has 0 spiro atoms. The molecule has 4 rings (SSSR count). The summed E-state index contributed by atoms with van der Waals surface area (Å²) >= 11 is 6.04. The number of halogens is 2.